The van der Waals surface area contributed by atoms with Crippen molar-refractivity contribution < 1.29 is 42.9 Å². The van der Waals surface area contributed by atoms with Crippen molar-refractivity contribution in [3.8, 4) is 0 Å². The second kappa shape index (κ2) is 8.59. The molecule has 0 radical (unpaired) electrons. The van der Waals surface area contributed by atoms with Gasteiger partial charge in [0.05, 0.1) is 11.4 Å². The molecule has 0 heterocycles. The average Bonchev–Trinajstić information content (AvgIpc) is 1.80. The summed E-state index contributed by atoms with van der Waals surface area (Å²) in [4.78, 5) is 0. The number of aryl methyl sites for hydroxylation is 3. The molecule has 1 unspecified atom stereocenters. The monoisotopic (exact) mass is 224 g/mol. The Morgan fingerprint density at radius 1 is 1.07 bits per heavy atom. The van der Waals surface area contributed by atoms with Crippen molar-refractivity contribution in [2.45, 2.75) is 20.8 Å². The predicted molar refractivity (Wildman–Crippen MR) is 52.2 cm³/mol. The summed E-state index contributed by atoms with van der Waals surface area (Å²) in [6.45, 7) is 6.38. The minimum atomic E-state index is -2.86. The standard InChI is InChI=1S/C9H12.Na.H2O3S/c1-7-4-8(2)6-9(3)5-7;;1-4(2)3/h4-6H,1-3H3;;(H2,1,2,3)/q;+1;/p-1. The van der Waals surface area contributed by atoms with E-state index < -0.39 is 11.4 Å². The molecule has 0 aliphatic carbocycles. The maximum atomic E-state index is 8.56. The first-order chi connectivity index (χ1) is 5.91. The Morgan fingerprint density at radius 2 is 1.21 bits per heavy atom. The van der Waals surface area contributed by atoms with E-state index in [1.807, 2.05) is 0 Å². The first-order valence-corrected chi connectivity index (χ1v) is 4.78. The van der Waals surface area contributed by atoms with Gasteiger partial charge in [0, 0.05) is 0 Å². The molecule has 1 aromatic carbocycles. The van der Waals surface area contributed by atoms with Gasteiger partial charge < -0.3 is 9.11 Å². The maximum Gasteiger partial charge on any atom is 1.00 e. The molecule has 1 rings (SSSR count). The predicted octanol–water partition coefficient (Wildman–Crippen LogP) is -1.05. The molecule has 74 valence electrons. The molecule has 0 amide bonds. The van der Waals surface area contributed by atoms with Crippen LogP contribution in [0.15, 0.2) is 18.2 Å². The summed E-state index contributed by atoms with van der Waals surface area (Å²) in [6, 6.07) is 6.56. The van der Waals surface area contributed by atoms with E-state index >= 15 is 0 Å². The first kappa shape index (κ1) is 16.7. The average molecular weight is 224 g/mol. The molecule has 0 saturated carbocycles. The van der Waals surface area contributed by atoms with Crippen LogP contribution in [-0.4, -0.2) is 13.3 Å². The summed E-state index contributed by atoms with van der Waals surface area (Å²) in [5.74, 6) is 0. The molecule has 1 N–H and O–H groups in total. The van der Waals surface area contributed by atoms with Crippen molar-refractivity contribution in [2.24, 2.45) is 0 Å². The molecule has 0 aromatic heterocycles. The second-order valence-electron chi connectivity index (χ2n) is 2.88. The van der Waals surface area contributed by atoms with Gasteiger partial charge >= 0.3 is 29.6 Å². The van der Waals surface area contributed by atoms with Crippen LogP contribution in [0.2, 0.25) is 0 Å². The van der Waals surface area contributed by atoms with E-state index in [-0.39, 0.29) is 29.6 Å². The van der Waals surface area contributed by atoms with Crippen LogP contribution in [0, 0.1) is 20.8 Å². The summed E-state index contributed by atoms with van der Waals surface area (Å²) in [6.07, 6.45) is 0. The summed E-state index contributed by atoms with van der Waals surface area (Å²) in [7, 11) is 0. The van der Waals surface area contributed by atoms with Crippen LogP contribution >= 0.6 is 0 Å². The topological polar surface area (TPSA) is 60.4 Å². The normalized spacial score (nSPS) is 10.6. The first-order valence-electron chi connectivity index (χ1n) is 3.75. The molecule has 0 aliphatic rings. The van der Waals surface area contributed by atoms with Crippen LogP contribution in [0.5, 0.6) is 0 Å². The van der Waals surface area contributed by atoms with Gasteiger partial charge in [0.15, 0.2) is 0 Å². The Labute approximate surface area is 109 Å². The van der Waals surface area contributed by atoms with Gasteiger partial charge in [0.1, 0.15) is 0 Å². The zero-order valence-corrected chi connectivity index (χ0v) is 11.7. The van der Waals surface area contributed by atoms with Gasteiger partial charge in [-0.15, -0.1) is 0 Å². The third-order valence-electron chi connectivity index (χ3n) is 1.37. The minimum absolute atomic E-state index is 0. The van der Waals surface area contributed by atoms with Crippen molar-refractivity contribution in [3.05, 3.63) is 34.9 Å². The zero-order chi connectivity index (χ0) is 10.4. The van der Waals surface area contributed by atoms with Crippen molar-refractivity contribution in [3.63, 3.8) is 0 Å². The number of hydrogen-bond donors (Lipinski definition) is 1. The van der Waals surface area contributed by atoms with E-state index in [0.29, 0.717) is 0 Å². The zero-order valence-electron chi connectivity index (χ0n) is 8.90. The van der Waals surface area contributed by atoms with Crippen LogP contribution < -0.4 is 29.6 Å². The van der Waals surface area contributed by atoms with Crippen LogP contribution in [0.4, 0.5) is 0 Å². The summed E-state index contributed by atoms with van der Waals surface area (Å²) < 4.78 is 24.1. The van der Waals surface area contributed by atoms with E-state index in [9.17, 15) is 0 Å². The molecular weight excluding hydrogens is 211 g/mol. The molecule has 3 nitrogen and oxygen atoms in total. The van der Waals surface area contributed by atoms with Gasteiger partial charge in [-0.2, -0.15) is 0 Å². The summed E-state index contributed by atoms with van der Waals surface area (Å²) in [5, 5.41) is 0. The van der Waals surface area contributed by atoms with Crippen LogP contribution in [-0.2, 0) is 11.4 Å². The van der Waals surface area contributed by atoms with Gasteiger partial charge in [0.25, 0.3) is 0 Å². The molecule has 0 fully saturated rings. The van der Waals surface area contributed by atoms with Crippen molar-refractivity contribution in [1.29, 1.82) is 0 Å². The van der Waals surface area contributed by atoms with Crippen LogP contribution in [0.3, 0.4) is 0 Å². The van der Waals surface area contributed by atoms with Crippen LogP contribution in [0.1, 0.15) is 16.7 Å². The SMILES string of the molecule is Cc1cc(C)cc(C)c1.O=S([O-])O.[Na+]. The Bertz CT molecular complexity index is 248. The van der Waals surface area contributed by atoms with Gasteiger partial charge in [0.2, 0.25) is 0 Å². The summed E-state index contributed by atoms with van der Waals surface area (Å²) >= 11 is -2.86. The van der Waals surface area contributed by atoms with E-state index in [1.165, 1.54) is 16.7 Å². The minimum Gasteiger partial charge on any atom is -0.750 e. The summed E-state index contributed by atoms with van der Waals surface area (Å²) in [5.41, 5.74) is 4.06. The molecule has 0 bridgehead atoms. The third kappa shape index (κ3) is 10.4. The van der Waals surface area contributed by atoms with Gasteiger partial charge in [-0.3, -0.25) is 0 Å². The largest absolute Gasteiger partial charge is 1.00 e. The Hall–Kier alpha value is 0.290. The van der Waals surface area contributed by atoms with E-state index in [0.717, 1.165) is 0 Å². The molecule has 0 saturated heterocycles. The van der Waals surface area contributed by atoms with E-state index in [2.05, 4.69) is 39.0 Å². The van der Waals surface area contributed by atoms with E-state index in [1.54, 1.807) is 0 Å². The van der Waals surface area contributed by atoms with Crippen molar-refractivity contribution >= 4 is 11.4 Å². The Kier molecular flexibility index (Phi) is 10.2. The van der Waals surface area contributed by atoms with Gasteiger partial charge in [-0.1, -0.05) is 34.9 Å². The van der Waals surface area contributed by atoms with Crippen molar-refractivity contribution in [2.75, 3.05) is 0 Å². The fourth-order valence-corrected chi connectivity index (χ4v) is 1.20. The Balaban J connectivity index is 0. The molecular formula is C9H13NaO3S. The number of rotatable bonds is 0. The van der Waals surface area contributed by atoms with Crippen LogP contribution in [0.25, 0.3) is 0 Å². The molecule has 14 heavy (non-hydrogen) atoms. The maximum absolute atomic E-state index is 8.56. The Morgan fingerprint density at radius 3 is 1.36 bits per heavy atom. The quantitative estimate of drug-likeness (QED) is 0.452. The van der Waals surface area contributed by atoms with Crippen molar-refractivity contribution in [1.82, 2.24) is 0 Å². The molecule has 0 spiro atoms. The molecule has 5 heteroatoms. The second-order valence-corrected chi connectivity index (χ2v) is 3.32. The smallest absolute Gasteiger partial charge is 0.750 e. The fourth-order valence-electron chi connectivity index (χ4n) is 1.20. The fraction of sp³-hybridized carbons (Fsp3) is 0.333. The third-order valence-corrected chi connectivity index (χ3v) is 1.37. The molecule has 1 aromatic rings. The van der Waals surface area contributed by atoms with E-state index in [4.69, 9.17) is 13.3 Å². The van der Waals surface area contributed by atoms with Gasteiger partial charge in [-0.25, -0.2) is 4.21 Å². The number of benzene rings is 1. The molecule has 1 atom stereocenters. The molecule has 0 aliphatic heterocycles. The number of hydrogen-bond acceptors (Lipinski definition) is 2. The van der Waals surface area contributed by atoms with Gasteiger partial charge in [-0.05, 0) is 20.8 Å².